The summed E-state index contributed by atoms with van der Waals surface area (Å²) in [6.07, 6.45) is 0.954. The van der Waals surface area contributed by atoms with Crippen LogP contribution in [-0.4, -0.2) is 32.4 Å². The van der Waals surface area contributed by atoms with Crippen molar-refractivity contribution in [2.45, 2.75) is 38.1 Å². The summed E-state index contributed by atoms with van der Waals surface area (Å²) in [5, 5.41) is 0. The Kier molecular flexibility index (Phi) is 5.52. The minimum Gasteiger partial charge on any atom is -0.329 e. The standard InChI is InChI=1S/C14H24N2O2S/c1-11(2)9-13-5-7-14(8-6-13)19(17,18)16(4)12(3)10-15/h5-8,11-12H,9-10,15H2,1-4H3. The van der Waals surface area contributed by atoms with E-state index in [1.165, 1.54) is 4.31 Å². The van der Waals surface area contributed by atoms with Crippen LogP contribution in [0.2, 0.25) is 0 Å². The van der Waals surface area contributed by atoms with Crippen LogP contribution < -0.4 is 5.73 Å². The summed E-state index contributed by atoms with van der Waals surface area (Å²) in [5.41, 5.74) is 6.68. The first-order valence-electron chi connectivity index (χ1n) is 6.56. The van der Waals surface area contributed by atoms with Gasteiger partial charge in [0.15, 0.2) is 0 Å². The first-order valence-corrected chi connectivity index (χ1v) is 8.00. The smallest absolute Gasteiger partial charge is 0.243 e. The molecule has 0 spiro atoms. The monoisotopic (exact) mass is 284 g/mol. The highest BCUT2D eigenvalue weighted by Gasteiger charge is 2.24. The second-order valence-electron chi connectivity index (χ2n) is 5.35. The summed E-state index contributed by atoms with van der Waals surface area (Å²) in [4.78, 5) is 0.322. The number of hydrogen-bond donors (Lipinski definition) is 1. The van der Waals surface area contributed by atoms with Crippen molar-refractivity contribution in [1.82, 2.24) is 4.31 Å². The lowest BCUT2D eigenvalue weighted by Gasteiger charge is -2.23. The fourth-order valence-corrected chi connectivity index (χ4v) is 3.19. The number of rotatable bonds is 6. The number of nitrogens with zero attached hydrogens (tertiary/aromatic N) is 1. The molecule has 5 heteroatoms. The molecule has 0 bridgehead atoms. The van der Waals surface area contributed by atoms with E-state index in [0.717, 1.165) is 12.0 Å². The Hall–Kier alpha value is -0.910. The van der Waals surface area contributed by atoms with Gasteiger partial charge in [0.25, 0.3) is 0 Å². The lowest BCUT2D eigenvalue weighted by molar-refractivity contribution is 0.394. The third-order valence-corrected chi connectivity index (χ3v) is 5.19. The Bertz CT molecular complexity index is 495. The van der Waals surface area contributed by atoms with Gasteiger partial charge < -0.3 is 5.73 Å². The Morgan fingerprint density at radius 2 is 1.68 bits per heavy atom. The van der Waals surface area contributed by atoms with Crippen molar-refractivity contribution >= 4 is 10.0 Å². The lowest BCUT2D eigenvalue weighted by Crippen LogP contribution is -2.39. The minimum absolute atomic E-state index is 0.208. The van der Waals surface area contributed by atoms with Crippen LogP contribution in [0, 0.1) is 5.92 Å². The average molecular weight is 284 g/mol. The van der Waals surface area contributed by atoms with Gasteiger partial charge in [-0.15, -0.1) is 0 Å². The molecule has 0 aromatic heterocycles. The van der Waals surface area contributed by atoms with Crippen LogP contribution >= 0.6 is 0 Å². The van der Waals surface area contributed by atoms with E-state index in [4.69, 9.17) is 5.73 Å². The summed E-state index contributed by atoms with van der Waals surface area (Å²) >= 11 is 0. The molecule has 1 rings (SSSR count). The summed E-state index contributed by atoms with van der Waals surface area (Å²) in [7, 11) is -1.88. The molecule has 0 fully saturated rings. The number of likely N-dealkylation sites (N-methyl/N-ethyl adjacent to an activating group) is 1. The zero-order valence-electron chi connectivity index (χ0n) is 12.1. The normalized spacial score (nSPS) is 14.1. The lowest BCUT2D eigenvalue weighted by atomic mass is 10.0. The maximum Gasteiger partial charge on any atom is 0.243 e. The molecular formula is C14H24N2O2S. The van der Waals surface area contributed by atoms with Gasteiger partial charge in [-0.25, -0.2) is 8.42 Å². The highest BCUT2D eigenvalue weighted by molar-refractivity contribution is 7.89. The predicted molar refractivity (Wildman–Crippen MR) is 78.4 cm³/mol. The number of sulfonamides is 1. The highest BCUT2D eigenvalue weighted by atomic mass is 32.2. The van der Waals surface area contributed by atoms with Crippen molar-refractivity contribution in [2.24, 2.45) is 11.7 Å². The third-order valence-electron chi connectivity index (χ3n) is 3.21. The highest BCUT2D eigenvalue weighted by Crippen LogP contribution is 2.18. The fourth-order valence-electron chi connectivity index (χ4n) is 1.82. The molecule has 0 aliphatic carbocycles. The van der Waals surface area contributed by atoms with Crippen molar-refractivity contribution in [3.05, 3.63) is 29.8 Å². The van der Waals surface area contributed by atoms with Crippen molar-refractivity contribution in [1.29, 1.82) is 0 Å². The van der Waals surface area contributed by atoms with Gasteiger partial charge in [0.2, 0.25) is 10.0 Å². The van der Waals surface area contributed by atoms with Crippen molar-refractivity contribution in [3.63, 3.8) is 0 Å². The first-order chi connectivity index (χ1) is 8.78. The molecule has 0 radical (unpaired) electrons. The molecule has 19 heavy (non-hydrogen) atoms. The average Bonchev–Trinajstić information content (AvgIpc) is 2.36. The van der Waals surface area contributed by atoms with Gasteiger partial charge in [0.05, 0.1) is 4.90 Å². The second kappa shape index (κ2) is 6.50. The van der Waals surface area contributed by atoms with Crippen LogP contribution in [0.3, 0.4) is 0 Å². The van der Waals surface area contributed by atoms with E-state index in [9.17, 15) is 8.42 Å². The summed E-state index contributed by atoms with van der Waals surface area (Å²) in [5.74, 6) is 0.558. The van der Waals surface area contributed by atoms with E-state index >= 15 is 0 Å². The van der Waals surface area contributed by atoms with E-state index in [1.54, 1.807) is 26.1 Å². The van der Waals surface area contributed by atoms with Crippen LogP contribution in [0.5, 0.6) is 0 Å². The van der Waals surface area contributed by atoms with Gasteiger partial charge >= 0.3 is 0 Å². The summed E-state index contributed by atoms with van der Waals surface area (Å²) < 4.78 is 26.0. The zero-order chi connectivity index (χ0) is 14.6. The Balaban J connectivity index is 2.97. The van der Waals surface area contributed by atoms with Crippen LogP contribution in [0.1, 0.15) is 26.3 Å². The van der Waals surface area contributed by atoms with Gasteiger partial charge in [-0.2, -0.15) is 4.31 Å². The molecule has 0 heterocycles. The van der Waals surface area contributed by atoms with Gasteiger partial charge in [0, 0.05) is 19.6 Å². The third kappa shape index (κ3) is 4.03. The minimum atomic E-state index is -3.44. The molecule has 1 aromatic rings. The Morgan fingerprint density at radius 3 is 2.11 bits per heavy atom. The quantitative estimate of drug-likeness (QED) is 0.867. The zero-order valence-corrected chi connectivity index (χ0v) is 12.9. The van der Waals surface area contributed by atoms with E-state index in [-0.39, 0.29) is 6.04 Å². The fraction of sp³-hybridized carbons (Fsp3) is 0.571. The molecule has 1 unspecified atom stereocenters. The SMILES string of the molecule is CC(C)Cc1ccc(S(=O)(=O)N(C)C(C)CN)cc1. The first kappa shape index (κ1) is 16.1. The van der Waals surface area contributed by atoms with Gasteiger partial charge in [-0.1, -0.05) is 26.0 Å². The van der Waals surface area contributed by atoms with Crippen LogP contribution in [0.4, 0.5) is 0 Å². The predicted octanol–water partition coefficient (Wildman–Crippen LogP) is 1.85. The summed E-state index contributed by atoms with van der Waals surface area (Å²) in [6.45, 7) is 6.38. The van der Waals surface area contributed by atoms with Crippen molar-refractivity contribution in [2.75, 3.05) is 13.6 Å². The molecule has 1 atom stereocenters. The number of hydrogen-bond acceptors (Lipinski definition) is 3. The maximum atomic E-state index is 12.3. The number of nitrogens with two attached hydrogens (primary N) is 1. The molecule has 0 saturated heterocycles. The summed E-state index contributed by atoms with van der Waals surface area (Å²) in [6, 6.07) is 6.90. The molecule has 0 aliphatic heterocycles. The molecular weight excluding hydrogens is 260 g/mol. The number of benzene rings is 1. The molecule has 2 N–H and O–H groups in total. The van der Waals surface area contributed by atoms with Crippen LogP contribution in [-0.2, 0) is 16.4 Å². The second-order valence-corrected chi connectivity index (χ2v) is 7.35. The van der Waals surface area contributed by atoms with E-state index in [1.807, 2.05) is 12.1 Å². The van der Waals surface area contributed by atoms with E-state index in [2.05, 4.69) is 13.8 Å². The largest absolute Gasteiger partial charge is 0.329 e. The molecule has 1 aromatic carbocycles. The van der Waals surface area contributed by atoms with Gasteiger partial charge in [-0.3, -0.25) is 0 Å². The maximum absolute atomic E-state index is 12.3. The van der Waals surface area contributed by atoms with E-state index in [0.29, 0.717) is 17.4 Å². The van der Waals surface area contributed by atoms with E-state index < -0.39 is 10.0 Å². The Labute approximate surface area is 116 Å². The molecule has 0 aliphatic rings. The molecule has 4 nitrogen and oxygen atoms in total. The Morgan fingerprint density at radius 1 is 1.16 bits per heavy atom. The van der Waals surface area contributed by atoms with Gasteiger partial charge in [0.1, 0.15) is 0 Å². The van der Waals surface area contributed by atoms with Crippen molar-refractivity contribution in [3.8, 4) is 0 Å². The van der Waals surface area contributed by atoms with Crippen molar-refractivity contribution < 1.29 is 8.42 Å². The van der Waals surface area contributed by atoms with Crippen LogP contribution in [0.25, 0.3) is 0 Å². The topological polar surface area (TPSA) is 63.4 Å². The molecule has 0 amide bonds. The molecule has 108 valence electrons. The van der Waals surface area contributed by atoms with Gasteiger partial charge in [-0.05, 0) is 37.0 Å². The molecule has 0 saturated carbocycles. The van der Waals surface area contributed by atoms with Crippen LogP contribution in [0.15, 0.2) is 29.2 Å².